The highest BCUT2D eigenvalue weighted by Crippen LogP contribution is 2.38. The lowest BCUT2D eigenvalue weighted by Crippen LogP contribution is -2.04. The van der Waals surface area contributed by atoms with Gasteiger partial charge in [-0.15, -0.1) is 0 Å². The molecule has 2 N–H and O–H groups in total. The van der Waals surface area contributed by atoms with Crippen LogP contribution in [0.15, 0.2) is 10.7 Å². The van der Waals surface area contributed by atoms with E-state index < -0.39 is 0 Å². The molecule has 0 bridgehead atoms. The fourth-order valence-electron chi connectivity index (χ4n) is 1.10. The monoisotopic (exact) mass is 227 g/mol. The van der Waals surface area contributed by atoms with Crippen molar-refractivity contribution in [2.24, 2.45) is 5.73 Å². The number of nitrogens with zero attached hydrogens (tertiary/aromatic N) is 2. The number of halogens is 1. The molecule has 1 heterocycles. The molecule has 64 valence electrons. The molecule has 0 aromatic carbocycles. The van der Waals surface area contributed by atoms with Gasteiger partial charge in [0.05, 0.1) is 10.2 Å². The molecule has 1 aromatic heterocycles. The second kappa shape index (κ2) is 3.11. The van der Waals surface area contributed by atoms with Crippen LogP contribution in [0.25, 0.3) is 0 Å². The van der Waals surface area contributed by atoms with E-state index in [9.17, 15) is 0 Å². The van der Waals surface area contributed by atoms with Gasteiger partial charge in [0.2, 0.25) is 0 Å². The average Bonchev–Trinajstić information content (AvgIpc) is 2.88. The SMILES string of the molecule is NCc1nc(C2CC2)ncc1Br. The molecule has 0 spiro atoms. The Hall–Kier alpha value is -0.480. The van der Waals surface area contributed by atoms with E-state index in [1.165, 1.54) is 12.8 Å². The summed E-state index contributed by atoms with van der Waals surface area (Å²) in [6.07, 6.45) is 4.25. The van der Waals surface area contributed by atoms with Gasteiger partial charge in [0.15, 0.2) is 0 Å². The molecule has 0 saturated heterocycles. The summed E-state index contributed by atoms with van der Waals surface area (Å²) in [6, 6.07) is 0. The van der Waals surface area contributed by atoms with Crippen molar-refractivity contribution in [1.82, 2.24) is 9.97 Å². The highest BCUT2D eigenvalue weighted by molar-refractivity contribution is 9.10. The van der Waals surface area contributed by atoms with Gasteiger partial charge in [-0.25, -0.2) is 9.97 Å². The van der Waals surface area contributed by atoms with Gasteiger partial charge in [-0.05, 0) is 28.8 Å². The maximum absolute atomic E-state index is 5.52. The Bertz CT molecular complexity index is 296. The van der Waals surface area contributed by atoms with Crippen LogP contribution in [0.4, 0.5) is 0 Å². The second-order valence-electron chi connectivity index (χ2n) is 3.00. The lowest BCUT2D eigenvalue weighted by Gasteiger charge is -2.01. The Kier molecular flexibility index (Phi) is 2.11. The molecule has 4 heteroatoms. The van der Waals surface area contributed by atoms with Crippen LogP contribution in [0.1, 0.15) is 30.3 Å². The number of aromatic nitrogens is 2. The lowest BCUT2D eigenvalue weighted by molar-refractivity contribution is 0.859. The van der Waals surface area contributed by atoms with E-state index in [2.05, 4.69) is 25.9 Å². The summed E-state index contributed by atoms with van der Waals surface area (Å²) in [4.78, 5) is 8.61. The van der Waals surface area contributed by atoms with E-state index in [-0.39, 0.29) is 0 Å². The van der Waals surface area contributed by atoms with Gasteiger partial charge < -0.3 is 5.73 Å². The molecule has 0 amide bonds. The first-order valence-electron chi connectivity index (χ1n) is 4.02. The van der Waals surface area contributed by atoms with Crippen molar-refractivity contribution in [1.29, 1.82) is 0 Å². The molecule has 3 nitrogen and oxygen atoms in total. The summed E-state index contributed by atoms with van der Waals surface area (Å²) >= 11 is 3.36. The third kappa shape index (κ3) is 1.49. The van der Waals surface area contributed by atoms with Gasteiger partial charge in [-0.2, -0.15) is 0 Å². The van der Waals surface area contributed by atoms with E-state index in [0.29, 0.717) is 12.5 Å². The summed E-state index contributed by atoms with van der Waals surface area (Å²) < 4.78 is 0.911. The largest absolute Gasteiger partial charge is 0.325 e. The van der Waals surface area contributed by atoms with Crippen LogP contribution in [-0.2, 0) is 6.54 Å². The van der Waals surface area contributed by atoms with E-state index in [0.717, 1.165) is 16.0 Å². The first-order valence-corrected chi connectivity index (χ1v) is 4.82. The summed E-state index contributed by atoms with van der Waals surface area (Å²) in [5.41, 5.74) is 6.43. The number of nitrogens with two attached hydrogens (primary N) is 1. The number of hydrogen-bond acceptors (Lipinski definition) is 3. The van der Waals surface area contributed by atoms with E-state index in [1.807, 2.05) is 0 Å². The van der Waals surface area contributed by atoms with Crippen molar-refractivity contribution in [3.63, 3.8) is 0 Å². The quantitative estimate of drug-likeness (QED) is 0.835. The molecule has 1 aliphatic carbocycles. The molecule has 1 saturated carbocycles. The summed E-state index contributed by atoms with van der Waals surface area (Å²) in [5.74, 6) is 1.56. The predicted molar refractivity (Wildman–Crippen MR) is 49.6 cm³/mol. The van der Waals surface area contributed by atoms with Crippen LogP contribution in [0.5, 0.6) is 0 Å². The Morgan fingerprint density at radius 2 is 2.33 bits per heavy atom. The second-order valence-corrected chi connectivity index (χ2v) is 3.86. The van der Waals surface area contributed by atoms with Crippen LogP contribution in [0.2, 0.25) is 0 Å². The van der Waals surface area contributed by atoms with Crippen molar-refractivity contribution >= 4 is 15.9 Å². The van der Waals surface area contributed by atoms with E-state index in [4.69, 9.17) is 5.73 Å². The molecule has 1 aromatic rings. The fraction of sp³-hybridized carbons (Fsp3) is 0.500. The fourth-order valence-corrected chi connectivity index (χ4v) is 1.45. The Labute approximate surface area is 79.5 Å². The van der Waals surface area contributed by atoms with Crippen molar-refractivity contribution < 1.29 is 0 Å². The molecule has 2 rings (SSSR count). The first-order chi connectivity index (χ1) is 5.81. The zero-order chi connectivity index (χ0) is 8.55. The van der Waals surface area contributed by atoms with Crippen LogP contribution < -0.4 is 5.73 Å². The Morgan fingerprint density at radius 3 is 2.92 bits per heavy atom. The van der Waals surface area contributed by atoms with Crippen LogP contribution in [-0.4, -0.2) is 9.97 Å². The van der Waals surface area contributed by atoms with Crippen LogP contribution in [0, 0.1) is 0 Å². The Morgan fingerprint density at radius 1 is 1.58 bits per heavy atom. The van der Waals surface area contributed by atoms with Crippen molar-refractivity contribution in [3.8, 4) is 0 Å². The third-order valence-electron chi connectivity index (χ3n) is 1.97. The zero-order valence-electron chi connectivity index (χ0n) is 6.63. The van der Waals surface area contributed by atoms with E-state index >= 15 is 0 Å². The standard InChI is InChI=1S/C8H10BrN3/c9-6-4-11-8(5-1-2-5)12-7(6)3-10/h4-5H,1-3,10H2. The highest BCUT2D eigenvalue weighted by Gasteiger charge is 2.26. The van der Waals surface area contributed by atoms with Gasteiger partial charge in [-0.1, -0.05) is 0 Å². The number of hydrogen-bond donors (Lipinski definition) is 1. The van der Waals surface area contributed by atoms with Crippen LogP contribution in [0.3, 0.4) is 0 Å². The van der Waals surface area contributed by atoms with Crippen molar-refractivity contribution in [2.45, 2.75) is 25.3 Å². The zero-order valence-corrected chi connectivity index (χ0v) is 8.21. The maximum atomic E-state index is 5.52. The minimum atomic E-state index is 0.475. The maximum Gasteiger partial charge on any atom is 0.131 e. The Balaban J connectivity index is 2.33. The molecule has 0 unspecified atom stereocenters. The van der Waals surface area contributed by atoms with E-state index in [1.54, 1.807) is 6.20 Å². The minimum absolute atomic E-state index is 0.475. The molecule has 0 radical (unpaired) electrons. The predicted octanol–water partition coefficient (Wildman–Crippen LogP) is 1.58. The van der Waals surface area contributed by atoms with Crippen LogP contribution >= 0.6 is 15.9 Å². The van der Waals surface area contributed by atoms with Gasteiger partial charge in [0.1, 0.15) is 5.82 Å². The van der Waals surface area contributed by atoms with Gasteiger partial charge in [0.25, 0.3) is 0 Å². The highest BCUT2D eigenvalue weighted by atomic mass is 79.9. The molecular formula is C8H10BrN3. The molecule has 12 heavy (non-hydrogen) atoms. The molecular weight excluding hydrogens is 218 g/mol. The van der Waals surface area contributed by atoms with Crippen molar-refractivity contribution in [2.75, 3.05) is 0 Å². The normalized spacial score (nSPS) is 16.5. The number of rotatable bonds is 2. The molecule has 1 aliphatic rings. The topological polar surface area (TPSA) is 51.8 Å². The smallest absolute Gasteiger partial charge is 0.131 e. The molecule has 1 fully saturated rings. The summed E-state index contributed by atoms with van der Waals surface area (Å²) in [6.45, 7) is 0.475. The first kappa shape index (κ1) is 8.13. The summed E-state index contributed by atoms with van der Waals surface area (Å²) in [5, 5.41) is 0. The van der Waals surface area contributed by atoms with Gasteiger partial charge >= 0.3 is 0 Å². The summed E-state index contributed by atoms with van der Waals surface area (Å²) in [7, 11) is 0. The molecule has 0 aliphatic heterocycles. The third-order valence-corrected chi connectivity index (χ3v) is 2.63. The van der Waals surface area contributed by atoms with Gasteiger partial charge in [0, 0.05) is 18.7 Å². The minimum Gasteiger partial charge on any atom is -0.325 e. The average molecular weight is 228 g/mol. The van der Waals surface area contributed by atoms with Crippen molar-refractivity contribution in [3.05, 3.63) is 22.2 Å². The molecule has 0 atom stereocenters. The lowest BCUT2D eigenvalue weighted by atomic mass is 10.3. The van der Waals surface area contributed by atoms with Gasteiger partial charge in [-0.3, -0.25) is 0 Å².